The summed E-state index contributed by atoms with van der Waals surface area (Å²) in [6.45, 7) is -0.121. The first-order valence-electron chi connectivity index (χ1n) is 24.0. The Morgan fingerprint density at radius 1 is 0.500 bits per heavy atom. The van der Waals surface area contributed by atoms with Gasteiger partial charge < -0.3 is 40.7 Å². The van der Waals surface area contributed by atoms with Crippen molar-refractivity contribution in [3.63, 3.8) is 0 Å². The first kappa shape index (κ1) is 52.2. The maximum atomic E-state index is 13.5. The first-order valence-corrected chi connectivity index (χ1v) is 24.0. The third-order valence-corrected chi connectivity index (χ3v) is 11.7. The number of ketones is 2. The molecule has 7 N–H and O–H groups in total. The van der Waals surface area contributed by atoms with Gasteiger partial charge in [0.25, 0.3) is 0 Å². The van der Waals surface area contributed by atoms with Crippen LogP contribution in [-0.4, -0.2) is 81.7 Å². The third kappa shape index (κ3) is 13.0. The van der Waals surface area contributed by atoms with Crippen LogP contribution in [0, 0.1) is 0 Å². The topological polar surface area (TPSA) is 322 Å². The van der Waals surface area contributed by atoms with E-state index in [-0.39, 0.29) is 86.1 Å². The first-order chi connectivity index (χ1) is 38.0. The van der Waals surface area contributed by atoms with E-state index in [1.807, 2.05) is 97.1 Å². The van der Waals surface area contributed by atoms with Crippen LogP contribution in [0.3, 0.4) is 0 Å². The Morgan fingerprint density at radius 2 is 0.962 bits per heavy atom. The molecule has 0 saturated heterocycles. The summed E-state index contributed by atoms with van der Waals surface area (Å²) in [6.07, 6.45) is -0.926. The smallest absolute Gasteiger partial charge is 0.411 e. The molecule has 23 heteroatoms. The Kier molecular flexibility index (Phi) is 16.4. The Labute approximate surface area is 442 Å². The summed E-state index contributed by atoms with van der Waals surface area (Å²) < 4.78 is 23.6. The number of nitrogens with two attached hydrogens (primary N) is 2. The maximum absolute atomic E-state index is 13.5. The van der Waals surface area contributed by atoms with Crippen LogP contribution >= 0.6 is 0 Å². The molecule has 0 atom stereocenters. The fraction of sp³-hybridized carbons (Fsp3) is 0.127. The Bertz CT molecular complexity index is 3740. The largest absolute Gasteiger partial charge is 0.461 e. The summed E-state index contributed by atoms with van der Waals surface area (Å²) in [6, 6.07) is 46.2. The zero-order valence-corrected chi connectivity index (χ0v) is 41.3. The molecule has 0 aliphatic rings. The van der Waals surface area contributed by atoms with Crippen LogP contribution in [0.5, 0.6) is 0 Å². The van der Waals surface area contributed by atoms with E-state index >= 15 is 0 Å². The number of nitrogens with zero attached hydrogens (tertiary/aromatic N) is 8. The van der Waals surface area contributed by atoms with Crippen LogP contribution in [0.15, 0.2) is 167 Å². The number of imidazole rings is 2. The Hall–Kier alpha value is -10.7. The van der Waals surface area contributed by atoms with Crippen molar-refractivity contribution in [1.29, 1.82) is 0 Å². The molecule has 4 aromatic heterocycles. The van der Waals surface area contributed by atoms with Gasteiger partial charge >= 0.3 is 12.1 Å². The molecule has 3 amide bonds. The summed E-state index contributed by atoms with van der Waals surface area (Å²) in [4.78, 5) is 84.4. The molecule has 4 heterocycles. The monoisotopic (exact) mass is 1050 g/mol. The second kappa shape index (κ2) is 24.6. The number of hydrogen-bond donors (Lipinski definition) is 5. The predicted molar refractivity (Wildman–Crippen MR) is 284 cm³/mol. The van der Waals surface area contributed by atoms with Crippen LogP contribution in [0.25, 0.3) is 45.1 Å². The van der Waals surface area contributed by atoms with Gasteiger partial charge in [0.15, 0.2) is 34.6 Å². The molecule has 0 radical (unpaired) electrons. The van der Waals surface area contributed by atoms with Gasteiger partial charge in [-0.05, 0) is 105 Å². The number of benzene rings is 6. The number of ether oxygens (including phenoxy) is 2. The molecule has 0 saturated carbocycles. The maximum Gasteiger partial charge on any atom is 0.411 e. The lowest BCUT2D eigenvalue weighted by Gasteiger charge is -2.10. The highest BCUT2D eigenvalue weighted by Crippen LogP contribution is 2.30. The SMILES string of the molecule is NCC(=O)Nc1nonc1-c1nc2ccccc2n1CC(=O)c1ccc(N)cc1.O=C(CCC(=O)OCc1ccccc1)Nc1nonc1-c1nc2ccccc2n1CC(=O)c1ccc(NC(=O)OCc2ccccc2)cc1. The molecule has 0 spiro atoms. The average Bonchev–Trinajstić information content (AvgIpc) is 4.32. The molecule has 392 valence electrons. The van der Waals surface area contributed by atoms with Gasteiger partial charge in [-0.15, -0.1) is 0 Å². The Balaban J connectivity index is 0.000000216. The molecule has 23 nitrogen and oxygen atoms in total. The number of nitrogens with one attached hydrogen (secondary N) is 3. The molecular formula is C55H47N13O10. The van der Waals surface area contributed by atoms with Gasteiger partial charge in [0.05, 0.1) is 48.1 Å². The zero-order valence-electron chi connectivity index (χ0n) is 41.3. The van der Waals surface area contributed by atoms with Crippen molar-refractivity contribution in [2.45, 2.75) is 39.1 Å². The van der Waals surface area contributed by atoms with E-state index in [1.54, 1.807) is 69.8 Å². The molecule has 10 rings (SSSR count). The zero-order chi connectivity index (χ0) is 54.4. The lowest BCUT2D eigenvalue weighted by Crippen LogP contribution is -2.22. The van der Waals surface area contributed by atoms with Crippen molar-refractivity contribution < 1.29 is 47.5 Å². The number of hydrogen-bond acceptors (Lipinski definition) is 18. The lowest BCUT2D eigenvalue weighted by atomic mass is 10.1. The molecular weight excluding hydrogens is 1000 g/mol. The van der Waals surface area contributed by atoms with Gasteiger partial charge in [-0.25, -0.2) is 24.0 Å². The minimum absolute atomic E-state index is 0.00308. The number of carbonyl (C=O) groups is 6. The fourth-order valence-corrected chi connectivity index (χ4v) is 7.83. The minimum Gasteiger partial charge on any atom is -0.461 e. The van der Waals surface area contributed by atoms with Crippen molar-refractivity contribution in [1.82, 2.24) is 39.7 Å². The number of nitrogen functional groups attached to an aromatic ring is 1. The molecule has 0 aliphatic heterocycles. The van der Waals surface area contributed by atoms with Crippen LogP contribution in [0.2, 0.25) is 0 Å². The van der Waals surface area contributed by atoms with Gasteiger partial charge in [0.1, 0.15) is 13.2 Å². The van der Waals surface area contributed by atoms with Crippen molar-refractivity contribution in [3.05, 3.63) is 180 Å². The summed E-state index contributed by atoms with van der Waals surface area (Å²) >= 11 is 0. The van der Waals surface area contributed by atoms with E-state index in [4.69, 9.17) is 30.2 Å². The van der Waals surface area contributed by atoms with Gasteiger partial charge in [-0.1, -0.05) is 84.9 Å². The summed E-state index contributed by atoms with van der Waals surface area (Å²) in [5, 5.41) is 23.2. The minimum atomic E-state index is -0.621. The van der Waals surface area contributed by atoms with Gasteiger partial charge in [0, 0.05) is 28.9 Å². The molecule has 0 aliphatic carbocycles. The van der Waals surface area contributed by atoms with E-state index in [0.29, 0.717) is 44.9 Å². The second-order valence-electron chi connectivity index (χ2n) is 17.1. The number of amides is 3. The fourth-order valence-electron chi connectivity index (χ4n) is 7.83. The van der Waals surface area contributed by atoms with E-state index in [0.717, 1.165) is 16.6 Å². The Morgan fingerprint density at radius 3 is 1.47 bits per heavy atom. The number of esters is 1. The van der Waals surface area contributed by atoms with Crippen LogP contribution in [0.1, 0.15) is 44.7 Å². The number of rotatable bonds is 19. The number of aromatic nitrogens is 8. The third-order valence-electron chi connectivity index (χ3n) is 11.7. The number of Topliss-reactive ketones (excluding diaryl/α,β-unsaturated/α-hetero) is 2. The van der Waals surface area contributed by atoms with Crippen molar-refractivity contribution in [2.75, 3.05) is 28.2 Å². The quantitative estimate of drug-likeness (QED) is 0.0295. The predicted octanol–water partition coefficient (Wildman–Crippen LogP) is 7.63. The molecule has 0 bridgehead atoms. The number of para-hydroxylation sites is 4. The van der Waals surface area contributed by atoms with Crippen molar-refractivity contribution >= 4 is 80.5 Å². The normalized spacial score (nSPS) is 10.8. The standard InChI is InChI=1S/C36H30N6O7.C19H17N7O3/c43-30(26-15-17-27(18-16-26)37-36(46)48-23-25-11-5-2-6-12-25)21-42-29-14-8-7-13-28(29)38-35(42)33-34(41-49-40-33)39-31(44)19-20-32(45)47-22-24-9-3-1-4-10-24;20-9-16(28)23-18-17(24-29-25-18)19-22-13-3-1-2-4-14(13)26(19)10-15(27)11-5-7-12(21)8-6-11/h1-18H,19-23H2,(H,37,46)(H,39,41,44);1-8H,9-10,20-21H2,(H,23,25,28). The van der Waals surface area contributed by atoms with E-state index in [1.165, 1.54) is 0 Å². The van der Waals surface area contributed by atoms with E-state index < -0.39 is 23.9 Å². The lowest BCUT2D eigenvalue weighted by molar-refractivity contribution is -0.145. The van der Waals surface area contributed by atoms with E-state index in [2.05, 4.69) is 46.5 Å². The van der Waals surface area contributed by atoms with Crippen molar-refractivity contribution in [3.8, 4) is 23.0 Å². The second-order valence-corrected chi connectivity index (χ2v) is 17.1. The summed E-state index contributed by atoms with van der Waals surface area (Å²) in [5.41, 5.74) is 17.6. The van der Waals surface area contributed by atoms with Crippen molar-refractivity contribution in [2.24, 2.45) is 5.73 Å². The molecule has 0 fully saturated rings. The number of anilines is 4. The number of carbonyl (C=O) groups excluding carboxylic acids is 6. The van der Waals surface area contributed by atoms with E-state index in [9.17, 15) is 28.8 Å². The highest BCUT2D eigenvalue weighted by atomic mass is 16.6. The molecule has 10 aromatic rings. The summed E-state index contributed by atoms with van der Waals surface area (Å²) in [7, 11) is 0. The highest BCUT2D eigenvalue weighted by Gasteiger charge is 2.26. The number of fused-ring (bicyclic) bond motifs is 2. The van der Waals surface area contributed by atoms with Gasteiger partial charge in [-0.2, -0.15) is 0 Å². The molecule has 0 unspecified atom stereocenters. The van der Waals surface area contributed by atoms with Crippen LogP contribution in [-0.2, 0) is 50.2 Å². The highest BCUT2D eigenvalue weighted by molar-refractivity contribution is 6.00. The summed E-state index contributed by atoms with van der Waals surface area (Å²) in [5.74, 6) is -1.23. The van der Waals surface area contributed by atoms with Gasteiger partial charge in [0.2, 0.25) is 23.5 Å². The van der Waals surface area contributed by atoms with Crippen LogP contribution in [0.4, 0.5) is 27.8 Å². The average molecular weight is 1050 g/mol. The van der Waals surface area contributed by atoms with Gasteiger partial charge in [-0.3, -0.25) is 29.3 Å². The molecule has 78 heavy (non-hydrogen) atoms. The van der Waals surface area contributed by atoms with Crippen LogP contribution < -0.4 is 27.4 Å². The molecule has 6 aromatic carbocycles.